The first-order chi connectivity index (χ1) is 6.86. The maximum absolute atomic E-state index is 6.94. The minimum absolute atomic E-state index is 0. The van der Waals surface area contributed by atoms with Gasteiger partial charge in [-0.3, -0.25) is 5.16 Å². The summed E-state index contributed by atoms with van der Waals surface area (Å²) in [5.74, 6) is 0. The molecular formula is C10H20FeN2P2. The Balaban J connectivity index is 0.000000245. The third kappa shape index (κ3) is 7.03. The fraction of sp³-hybridized carbons (Fsp3) is 0.800. The van der Waals surface area contributed by atoms with Crippen LogP contribution in [0.5, 0.6) is 0 Å². The molecular weight excluding hydrogens is 266 g/mol. The second kappa shape index (κ2) is 10.2. The van der Waals surface area contributed by atoms with Crippen molar-refractivity contribution < 1.29 is 17.1 Å². The smallest absolute Gasteiger partial charge is 0.327 e. The molecule has 2 aliphatic rings. The third-order valence-corrected chi connectivity index (χ3v) is 3.92. The minimum atomic E-state index is 0. The van der Waals surface area contributed by atoms with Crippen LogP contribution >= 0.6 is 17.8 Å². The summed E-state index contributed by atoms with van der Waals surface area (Å²) in [4.78, 5) is 0. The maximum Gasteiger partial charge on any atom is 2.00 e. The minimum Gasteiger partial charge on any atom is -0.327 e. The summed E-state index contributed by atoms with van der Waals surface area (Å²) in [7, 11) is 3.36. The van der Waals surface area contributed by atoms with E-state index in [-0.39, 0.29) is 17.1 Å². The standard InChI is InChI=1S/C5H9NP.C5H11NP.Fe/c6-7-5-3-1-2-4-5;7-6-5-3-1-2-4-5;/h3,5-6H,1-2,4H2;3,5-6H,1-2,4,7H2;/q2*-1;+2. The zero-order valence-corrected chi connectivity index (χ0v) is 12.1. The summed E-state index contributed by atoms with van der Waals surface area (Å²) in [5, 5.41) is 10.1. The summed E-state index contributed by atoms with van der Waals surface area (Å²) in [6.07, 6.45) is 12.4. The molecule has 0 bridgehead atoms. The van der Waals surface area contributed by atoms with Crippen LogP contribution in [0, 0.1) is 18.0 Å². The average Bonchev–Trinajstić information content (AvgIpc) is 2.92. The van der Waals surface area contributed by atoms with Crippen molar-refractivity contribution in [2.24, 2.45) is 0 Å². The first kappa shape index (κ1) is 16.0. The van der Waals surface area contributed by atoms with Crippen LogP contribution in [0.3, 0.4) is 0 Å². The Labute approximate surface area is 108 Å². The molecule has 3 atom stereocenters. The summed E-state index contributed by atoms with van der Waals surface area (Å²) >= 11 is 0. The Morgan fingerprint density at radius 2 is 1.87 bits per heavy atom. The molecule has 88 valence electrons. The van der Waals surface area contributed by atoms with Gasteiger partial charge < -0.3 is 17.9 Å². The SMILES string of the molecule is N=PC1[CH-]CCC1.PNC1[CH-]CCC1.[Fe+2]. The second-order valence-electron chi connectivity index (χ2n) is 3.80. The fourth-order valence-electron chi connectivity index (χ4n) is 1.80. The Hall–Kier alpha value is 1.01. The summed E-state index contributed by atoms with van der Waals surface area (Å²) in [6, 6.07) is 0.685. The number of rotatable bonds is 2. The van der Waals surface area contributed by atoms with Gasteiger partial charge >= 0.3 is 17.1 Å². The second-order valence-corrected chi connectivity index (χ2v) is 5.06. The Morgan fingerprint density at radius 1 is 1.20 bits per heavy atom. The molecule has 5 heteroatoms. The predicted octanol–water partition coefficient (Wildman–Crippen LogP) is 3.57. The van der Waals surface area contributed by atoms with E-state index in [1.54, 1.807) is 0 Å². The molecule has 2 nitrogen and oxygen atoms in total. The van der Waals surface area contributed by atoms with E-state index in [4.69, 9.17) is 5.16 Å². The molecule has 2 N–H and O–H groups in total. The molecule has 15 heavy (non-hydrogen) atoms. The van der Waals surface area contributed by atoms with Crippen molar-refractivity contribution in [1.29, 1.82) is 5.16 Å². The van der Waals surface area contributed by atoms with Gasteiger partial charge in [-0.1, -0.05) is 35.1 Å². The quantitative estimate of drug-likeness (QED) is 0.454. The van der Waals surface area contributed by atoms with Crippen LogP contribution < -0.4 is 5.09 Å². The largest absolute Gasteiger partial charge is 2.00 e. The van der Waals surface area contributed by atoms with Gasteiger partial charge in [-0.05, 0) is 8.37 Å². The van der Waals surface area contributed by atoms with Crippen LogP contribution in [0.25, 0.3) is 0 Å². The number of nitrogens with one attached hydrogen (secondary N) is 2. The van der Waals surface area contributed by atoms with Crippen LogP contribution in [-0.2, 0) is 17.1 Å². The number of hydrogen-bond acceptors (Lipinski definition) is 2. The normalized spacial score (nSPS) is 29.4. The molecule has 0 radical (unpaired) electrons. The van der Waals surface area contributed by atoms with E-state index >= 15 is 0 Å². The van der Waals surface area contributed by atoms with E-state index in [1.165, 1.54) is 38.5 Å². The average molecular weight is 286 g/mol. The van der Waals surface area contributed by atoms with Crippen LogP contribution in [0.4, 0.5) is 0 Å². The van der Waals surface area contributed by atoms with E-state index < -0.39 is 0 Å². The predicted molar refractivity (Wildman–Crippen MR) is 66.4 cm³/mol. The van der Waals surface area contributed by atoms with Gasteiger partial charge in [0.15, 0.2) is 0 Å². The molecule has 0 spiro atoms. The molecule has 0 aromatic rings. The van der Waals surface area contributed by atoms with Crippen LogP contribution in [0.1, 0.15) is 38.5 Å². The summed E-state index contributed by atoms with van der Waals surface area (Å²) < 4.78 is 0. The summed E-state index contributed by atoms with van der Waals surface area (Å²) in [6.45, 7) is 0. The summed E-state index contributed by atoms with van der Waals surface area (Å²) in [5.41, 5.74) is 0.611. The van der Waals surface area contributed by atoms with Gasteiger partial charge in [0.05, 0.1) is 0 Å². The molecule has 3 unspecified atom stereocenters. The van der Waals surface area contributed by atoms with Gasteiger partial charge in [-0.25, -0.2) is 0 Å². The van der Waals surface area contributed by atoms with E-state index in [2.05, 4.69) is 27.3 Å². The zero-order valence-electron chi connectivity index (χ0n) is 8.93. The van der Waals surface area contributed by atoms with Crippen molar-refractivity contribution in [1.82, 2.24) is 5.09 Å². The molecule has 0 heterocycles. The third-order valence-electron chi connectivity index (χ3n) is 2.69. The molecule has 0 saturated heterocycles. The molecule has 0 aliphatic heterocycles. The Bertz CT molecular complexity index is 158. The van der Waals surface area contributed by atoms with Gasteiger partial charge in [0.1, 0.15) is 0 Å². The van der Waals surface area contributed by atoms with Crippen LogP contribution in [0.2, 0.25) is 0 Å². The van der Waals surface area contributed by atoms with Crippen molar-refractivity contribution >= 4 is 17.8 Å². The molecule has 0 aromatic carbocycles. The Morgan fingerprint density at radius 3 is 2.13 bits per heavy atom. The topological polar surface area (TPSA) is 35.9 Å². The van der Waals surface area contributed by atoms with Gasteiger partial charge in [-0.15, -0.1) is 11.7 Å². The van der Waals surface area contributed by atoms with Crippen LogP contribution in [0.15, 0.2) is 0 Å². The van der Waals surface area contributed by atoms with Crippen molar-refractivity contribution in [2.45, 2.75) is 50.2 Å². The molecule has 0 aromatic heterocycles. The number of hydrogen-bond donors (Lipinski definition) is 2. The zero-order chi connectivity index (χ0) is 10.2. The molecule has 2 rings (SSSR count). The van der Waals surface area contributed by atoms with Crippen molar-refractivity contribution in [3.63, 3.8) is 0 Å². The van der Waals surface area contributed by atoms with E-state index in [0.29, 0.717) is 11.7 Å². The van der Waals surface area contributed by atoms with Crippen molar-refractivity contribution in [3.8, 4) is 0 Å². The fourth-order valence-corrected chi connectivity index (χ4v) is 2.67. The first-order valence-corrected chi connectivity index (χ1v) is 6.90. The van der Waals surface area contributed by atoms with Crippen LogP contribution in [-0.4, -0.2) is 11.7 Å². The van der Waals surface area contributed by atoms with Crippen molar-refractivity contribution in [3.05, 3.63) is 12.8 Å². The van der Waals surface area contributed by atoms with E-state index in [9.17, 15) is 0 Å². The van der Waals surface area contributed by atoms with Gasteiger partial charge in [-0.2, -0.15) is 12.8 Å². The molecule has 0 amide bonds. The molecule has 2 fully saturated rings. The van der Waals surface area contributed by atoms with Crippen molar-refractivity contribution in [2.75, 3.05) is 0 Å². The van der Waals surface area contributed by atoms with E-state index in [0.717, 1.165) is 8.37 Å². The molecule has 2 saturated carbocycles. The molecule has 2 aliphatic carbocycles. The monoisotopic (exact) mass is 286 g/mol. The van der Waals surface area contributed by atoms with Gasteiger partial charge in [0, 0.05) is 0 Å². The van der Waals surface area contributed by atoms with Gasteiger partial charge in [0.25, 0.3) is 0 Å². The Kier molecular flexibility index (Phi) is 10.9. The first-order valence-electron chi connectivity index (χ1n) is 5.36. The van der Waals surface area contributed by atoms with Gasteiger partial charge in [0.2, 0.25) is 0 Å². The van der Waals surface area contributed by atoms with E-state index in [1.807, 2.05) is 0 Å². The maximum atomic E-state index is 6.94.